The van der Waals surface area contributed by atoms with Crippen LogP contribution in [0.1, 0.15) is 65.2 Å². The molecule has 0 atom stereocenters. The number of esters is 2. The van der Waals surface area contributed by atoms with Gasteiger partial charge in [-0.1, -0.05) is 64.5 Å². The van der Waals surface area contributed by atoms with E-state index in [1.807, 2.05) is 0 Å². The molecule has 0 aliphatic heterocycles. The maximum Gasteiger partial charge on any atom is 0.374 e. The van der Waals surface area contributed by atoms with E-state index in [9.17, 15) is 19.7 Å². The molecule has 0 aliphatic rings. The summed E-state index contributed by atoms with van der Waals surface area (Å²) in [6.07, 6.45) is 8.30. The summed E-state index contributed by atoms with van der Waals surface area (Å²) >= 11 is 0. The molecule has 8 nitrogen and oxygen atoms in total. The van der Waals surface area contributed by atoms with Crippen LogP contribution in [-0.2, 0) is 19.1 Å². The van der Waals surface area contributed by atoms with Crippen LogP contribution in [0.15, 0.2) is 36.1 Å². The highest BCUT2D eigenvalue weighted by atomic mass is 16.6. The number of benzene rings is 1. The van der Waals surface area contributed by atoms with Crippen LogP contribution in [0.3, 0.4) is 0 Å². The molecule has 1 rings (SSSR count). The number of hydrogen-bond donors (Lipinski definition) is 0. The zero-order valence-corrected chi connectivity index (χ0v) is 17.8. The van der Waals surface area contributed by atoms with E-state index in [2.05, 4.69) is 13.8 Å². The van der Waals surface area contributed by atoms with Crippen molar-refractivity contribution < 1.29 is 28.7 Å². The van der Waals surface area contributed by atoms with Crippen molar-refractivity contribution in [2.75, 3.05) is 13.2 Å². The highest BCUT2D eigenvalue weighted by Gasteiger charge is 2.22. The third-order valence-electron chi connectivity index (χ3n) is 4.21. The van der Waals surface area contributed by atoms with Gasteiger partial charge in [0.15, 0.2) is 0 Å². The van der Waals surface area contributed by atoms with Crippen molar-refractivity contribution in [3.63, 3.8) is 0 Å². The van der Waals surface area contributed by atoms with Gasteiger partial charge in [0.2, 0.25) is 11.5 Å². The lowest BCUT2D eigenvalue weighted by molar-refractivity contribution is -0.385. The predicted molar refractivity (Wildman–Crippen MR) is 112 cm³/mol. The molecule has 0 heterocycles. The Morgan fingerprint density at radius 2 is 1.53 bits per heavy atom. The van der Waals surface area contributed by atoms with Crippen molar-refractivity contribution in [1.82, 2.24) is 0 Å². The molecular formula is C22H31NO7. The van der Waals surface area contributed by atoms with Crippen molar-refractivity contribution in [2.45, 2.75) is 65.2 Å². The molecule has 8 heteroatoms. The summed E-state index contributed by atoms with van der Waals surface area (Å²) in [7, 11) is 0. The largest absolute Gasteiger partial charge is 0.462 e. The Morgan fingerprint density at radius 1 is 0.933 bits per heavy atom. The first-order valence-electron chi connectivity index (χ1n) is 10.5. The molecule has 30 heavy (non-hydrogen) atoms. The first kappa shape index (κ1) is 25.1. The van der Waals surface area contributed by atoms with Gasteiger partial charge in [0.25, 0.3) is 0 Å². The van der Waals surface area contributed by atoms with Crippen molar-refractivity contribution >= 4 is 17.6 Å². The average molecular weight is 421 g/mol. The molecular weight excluding hydrogens is 390 g/mol. The molecule has 0 N–H and O–H groups in total. The fraction of sp³-hybridized carbons (Fsp3) is 0.545. The van der Waals surface area contributed by atoms with Gasteiger partial charge in [-0.15, -0.1) is 0 Å². The zero-order chi connectivity index (χ0) is 22.2. The molecule has 1 aromatic carbocycles. The fourth-order valence-corrected chi connectivity index (χ4v) is 2.56. The van der Waals surface area contributed by atoms with Crippen molar-refractivity contribution in [2.24, 2.45) is 0 Å². The monoisotopic (exact) mass is 421 g/mol. The van der Waals surface area contributed by atoms with Gasteiger partial charge in [0.1, 0.15) is 0 Å². The Morgan fingerprint density at radius 3 is 2.13 bits per heavy atom. The number of para-hydroxylation sites is 2. The molecule has 0 unspecified atom stereocenters. The Balaban J connectivity index is 2.84. The van der Waals surface area contributed by atoms with E-state index in [0.717, 1.165) is 51.0 Å². The first-order valence-corrected chi connectivity index (χ1v) is 10.5. The molecule has 0 radical (unpaired) electrons. The van der Waals surface area contributed by atoms with Gasteiger partial charge in [-0.3, -0.25) is 10.1 Å². The molecule has 0 aromatic heterocycles. The van der Waals surface area contributed by atoms with E-state index < -0.39 is 22.6 Å². The molecule has 0 spiro atoms. The van der Waals surface area contributed by atoms with E-state index in [1.165, 1.54) is 24.3 Å². The normalized spacial score (nSPS) is 11.1. The minimum absolute atomic E-state index is 0.160. The van der Waals surface area contributed by atoms with Crippen LogP contribution in [0.4, 0.5) is 5.69 Å². The quantitative estimate of drug-likeness (QED) is 0.0968. The average Bonchev–Trinajstić information content (AvgIpc) is 2.73. The molecule has 0 fully saturated rings. The lowest BCUT2D eigenvalue weighted by Gasteiger charge is -2.10. The van der Waals surface area contributed by atoms with Gasteiger partial charge in [0.05, 0.1) is 24.2 Å². The number of hydrogen-bond acceptors (Lipinski definition) is 7. The summed E-state index contributed by atoms with van der Waals surface area (Å²) in [5.74, 6) is -2.23. The highest BCUT2D eigenvalue weighted by molar-refractivity contribution is 5.95. The topological polar surface area (TPSA) is 105 Å². The van der Waals surface area contributed by atoms with E-state index in [0.29, 0.717) is 6.42 Å². The molecule has 1 aromatic rings. The zero-order valence-electron chi connectivity index (χ0n) is 17.8. The summed E-state index contributed by atoms with van der Waals surface area (Å²) in [6.45, 7) is 4.54. The van der Waals surface area contributed by atoms with Crippen LogP contribution in [0, 0.1) is 10.1 Å². The Hall–Kier alpha value is -2.90. The second-order valence-corrected chi connectivity index (χ2v) is 6.76. The molecule has 0 aliphatic carbocycles. The van der Waals surface area contributed by atoms with Gasteiger partial charge >= 0.3 is 17.6 Å². The molecule has 0 bridgehead atoms. The van der Waals surface area contributed by atoms with Gasteiger partial charge in [-0.2, -0.15) is 0 Å². The van der Waals surface area contributed by atoms with Gasteiger partial charge in [-0.05, 0) is 18.9 Å². The smallest absolute Gasteiger partial charge is 0.374 e. The number of ether oxygens (including phenoxy) is 3. The maximum atomic E-state index is 12.4. The van der Waals surface area contributed by atoms with Gasteiger partial charge in [0, 0.05) is 6.07 Å². The Labute approximate surface area is 177 Å². The van der Waals surface area contributed by atoms with Crippen LogP contribution in [-0.4, -0.2) is 30.1 Å². The number of nitrogens with zero attached hydrogens (tertiary/aromatic N) is 1. The third kappa shape index (κ3) is 10.0. The summed E-state index contributed by atoms with van der Waals surface area (Å²) in [5.41, 5.74) is -0.327. The van der Waals surface area contributed by atoms with Crippen LogP contribution in [0.5, 0.6) is 5.75 Å². The first-order chi connectivity index (χ1) is 14.5. The van der Waals surface area contributed by atoms with Crippen molar-refractivity contribution in [3.8, 4) is 5.75 Å². The summed E-state index contributed by atoms with van der Waals surface area (Å²) in [5, 5.41) is 11.2. The van der Waals surface area contributed by atoms with E-state index in [1.54, 1.807) is 0 Å². The van der Waals surface area contributed by atoms with Crippen molar-refractivity contribution in [1.29, 1.82) is 0 Å². The number of rotatable bonds is 15. The SMILES string of the molecule is CCCCCCOC(=O)/C=C(/Oc1ccccc1[N+](=O)[O-])C(=O)OCCCCCC. The van der Waals surface area contributed by atoms with Crippen LogP contribution < -0.4 is 4.74 Å². The summed E-state index contributed by atoms with van der Waals surface area (Å²) in [6, 6.07) is 5.60. The summed E-state index contributed by atoms with van der Waals surface area (Å²) in [4.78, 5) is 35.1. The number of carbonyl (C=O) groups is 2. The number of nitro benzene ring substituents is 1. The Bertz CT molecular complexity index is 715. The third-order valence-corrected chi connectivity index (χ3v) is 4.21. The lowest BCUT2D eigenvalue weighted by Crippen LogP contribution is -2.17. The van der Waals surface area contributed by atoms with Crippen LogP contribution in [0.25, 0.3) is 0 Å². The van der Waals surface area contributed by atoms with Crippen LogP contribution >= 0.6 is 0 Å². The lowest BCUT2D eigenvalue weighted by atomic mass is 10.2. The predicted octanol–water partition coefficient (Wildman–Crippen LogP) is 5.10. The Kier molecular flexibility index (Phi) is 12.6. The second-order valence-electron chi connectivity index (χ2n) is 6.76. The fourth-order valence-electron chi connectivity index (χ4n) is 2.56. The van der Waals surface area contributed by atoms with E-state index >= 15 is 0 Å². The van der Waals surface area contributed by atoms with E-state index in [-0.39, 0.29) is 24.7 Å². The second kappa shape index (κ2) is 15.0. The summed E-state index contributed by atoms with van der Waals surface area (Å²) < 4.78 is 15.7. The molecule has 0 amide bonds. The van der Waals surface area contributed by atoms with Crippen molar-refractivity contribution in [3.05, 3.63) is 46.2 Å². The van der Waals surface area contributed by atoms with Crippen LogP contribution in [0.2, 0.25) is 0 Å². The number of unbranched alkanes of at least 4 members (excludes halogenated alkanes) is 6. The van der Waals surface area contributed by atoms with Gasteiger partial charge < -0.3 is 14.2 Å². The highest BCUT2D eigenvalue weighted by Crippen LogP contribution is 2.28. The minimum Gasteiger partial charge on any atom is -0.462 e. The standard InChI is InChI=1S/C22H31NO7/c1-3-5-7-11-15-28-21(24)17-20(22(25)29-16-12-8-6-4-2)30-19-14-10-9-13-18(19)23(26)27/h9-10,13-14,17H,3-8,11-12,15-16H2,1-2H3/b20-17+. The minimum atomic E-state index is -0.868. The molecule has 166 valence electrons. The molecule has 0 saturated carbocycles. The maximum absolute atomic E-state index is 12.4. The van der Waals surface area contributed by atoms with Gasteiger partial charge in [-0.25, -0.2) is 9.59 Å². The number of nitro groups is 1. The number of carbonyl (C=O) groups excluding carboxylic acids is 2. The van der Waals surface area contributed by atoms with E-state index in [4.69, 9.17) is 14.2 Å². The molecule has 0 saturated heterocycles.